The highest BCUT2D eigenvalue weighted by molar-refractivity contribution is 5.67. The van der Waals surface area contributed by atoms with Gasteiger partial charge in [-0.3, -0.25) is 4.79 Å². The summed E-state index contributed by atoms with van der Waals surface area (Å²) in [6.07, 6.45) is 4.50. The topological polar surface area (TPSA) is 66.3 Å². The molecule has 1 heterocycles. The molecule has 0 radical (unpaired) electrons. The van der Waals surface area contributed by atoms with Gasteiger partial charge in [-0.25, -0.2) is 9.97 Å². The molecule has 0 fully saturated rings. The average molecular weight is 249 g/mol. The molecule has 1 aliphatic rings. The molecule has 0 saturated carbocycles. The van der Waals surface area contributed by atoms with E-state index in [0.717, 1.165) is 30.2 Å². The molecule has 2 rings (SSSR count). The van der Waals surface area contributed by atoms with E-state index in [2.05, 4.69) is 9.97 Å². The lowest BCUT2D eigenvalue weighted by atomic mass is 9.96. The zero-order valence-corrected chi connectivity index (χ0v) is 10.9. The molecule has 0 spiro atoms. The van der Waals surface area contributed by atoms with Crippen LogP contribution < -0.4 is 4.90 Å². The van der Waals surface area contributed by atoms with Crippen molar-refractivity contribution < 1.29 is 9.90 Å². The second-order valence-corrected chi connectivity index (χ2v) is 4.79. The van der Waals surface area contributed by atoms with Gasteiger partial charge in [-0.05, 0) is 32.6 Å². The van der Waals surface area contributed by atoms with Crippen LogP contribution in [-0.4, -0.2) is 34.6 Å². The van der Waals surface area contributed by atoms with E-state index < -0.39 is 5.97 Å². The number of carbonyl (C=O) groups is 1. The van der Waals surface area contributed by atoms with Crippen LogP contribution in [0.3, 0.4) is 0 Å². The maximum Gasteiger partial charge on any atom is 0.305 e. The van der Waals surface area contributed by atoms with Crippen molar-refractivity contribution in [1.82, 2.24) is 9.97 Å². The number of hydrogen-bond acceptors (Lipinski definition) is 4. The van der Waals surface area contributed by atoms with Crippen LogP contribution in [0.25, 0.3) is 0 Å². The normalized spacial score (nSPS) is 14.1. The molecule has 0 aromatic carbocycles. The number of carboxylic acids is 1. The minimum Gasteiger partial charge on any atom is -0.481 e. The van der Waals surface area contributed by atoms with Crippen LogP contribution in [0.1, 0.15) is 36.3 Å². The Morgan fingerprint density at radius 1 is 1.33 bits per heavy atom. The molecule has 0 bridgehead atoms. The fourth-order valence-electron chi connectivity index (χ4n) is 2.38. The molecule has 1 aromatic rings. The predicted octanol–water partition coefficient (Wildman–Crippen LogP) is 1.57. The number of aliphatic carboxylic acids is 1. The van der Waals surface area contributed by atoms with Gasteiger partial charge in [0.25, 0.3) is 0 Å². The average Bonchev–Trinajstić information content (AvgIpc) is 2.34. The second-order valence-electron chi connectivity index (χ2n) is 4.79. The zero-order chi connectivity index (χ0) is 13.1. The van der Waals surface area contributed by atoms with Crippen molar-refractivity contribution >= 4 is 11.8 Å². The highest BCUT2D eigenvalue weighted by Gasteiger charge is 2.19. The lowest BCUT2D eigenvalue weighted by molar-refractivity contribution is -0.136. The Labute approximate surface area is 107 Å². The van der Waals surface area contributed by atoms with E-state index in [9.17, 15) is 4.79 Å². The highest BCUT2D eigenvalue weighted by Crippen LogP contribution is 2.27. The van der Waals surface area contributed by atoms with Gasteiger partial charge in [-0.15, -0.1) is 0 Å². The number of nitrogens with zero attached hydrogens (tertiary/aromatic N) is 3. The summed E-state index contributed by atoms with van der Waals surface area (Å²) in [6, 6.07) is 0. The summed E-state index contributed by atoms with van der Waals surface area (Å²) >= 11 is 0. The predicted molar refractivity (Wildman–Crippen MR) is 68.9 cm³/mol. The summed E-state index contributed by atoms with van der Waals surface area (Å²) in [7, 11) is 1.90. The highest BCUT2D eigenvalue weighted by atomic mass is 16.4. The molecule has 0 atom stereocenters. The van der Waals surface area contributed by atoms with Crippen LogP contribution in [0.5, 0.6) is 0 Å². The molecule has 0 amide bonds. The van der Waals surface area contributed by atoms with Gasteiger partial charge in [0, 0.05) is 24.8 Å². The Bertz CT molecular complexity index is 460. The van der Waals surface area contributed by atoms with Crippen LogP contribution >= 0.6 is 0 Å². The number of fused-ring (bicyclic) bond motifs is 1. The minimum atomic E-state index is -0.776. The Morgan fingerprint density at radius 3 is 2.78 bits per heavy atom. The van der Waals surface area contributed by atoms with Crippen molar-refractivity contribution in [2.24, 2.45) is 0 Å². The van der Waals surface area contributed by atoms with E-state index in [0.29, 0.717) is 6.54 Å². The van der Waals surface area contributed by atoms with Crippen LogP contribution in [0, 0.1) is 6.92 Å². The van der Waals surface area contributed by atoms with Gasteiger partial charge in [0.2, 0.25) is 0 Å². The van der Waals surface area contributed by atoms with Gasteiger partial charge in [0.05, 0.1) is 6.42 Å². The summed E-state index contributed by atoms with van der Waals surface area (Å²) in [5.41, 5.74) is 2.35. The van der Waals surface area contributed by atoms with Gasteiger partial charge in [0.15, 0.2) is 0 Å². The maximum absolute atomic E-state index is 10.6. The van der Waals surface area contributed by atoms with Crippen LogP contribution in [0.4, 0.5) is 5.82 Å². The summed E-state index contributed by atoms with van der Waals surface area (Å²) < 4.78 is 0. The molecule has 18 heavy (non-hydrogen) atoms. The first-order valence-electron chi connectivity index (χ1n) is 6.37. The third kappa shape index (κ3) is 2.78. The Hall–Kier alpha value is -1.65. The number of aryl methyl sites for hydroxylation is 2. The van der Waals surface area contributed by atoms with Crippen molar-refractivity contribution in [3.8, 4) is 0 Å². The molecule has 5 heteroatoms. The zero-order valence-electron chi connectivity index (χ0n) is 10.9. The van der Waals surface area contributed by atoms with E-state index in [1.54, 1.807) is 0 Å². The molecule has 98 valence electrons. The van der Waals surface area contributed by atoms with Crippen LogP contribution in [0.2, 0.25) is 0 Å². The third-order valence-electron chi connectivity index (χ3n) is 3.30. The molecule has 0 aliphatic heterocycles. The van der Waals surface area contributed by atoms with Gasteiger partial charge in [0.1, 0.15) is 11.6 Å². The summed E-state index contributed by atoms with van der Waals surface area (Å²) in [5, 5.41) is 8.74. The Balaban J connectivity index is 2.25. The van der Waals surface area contributed by atoms with E-state index in [-0.39, 0.29) is 6.42 Å². The van der Waals surface area contributed by atoms with Crippen molar-refractivity contribution in [1.29, 1.82) is 0 Å². The fraction of sp³-hybridized carbons (Fsp3) is 0.615. The Kier molecular flexibility index (Phi) is 3.79. The quantitative estimate of drug-likeness (QED) is 0.877. The third-order valence-corrected chi connectivity index (χ3v) is 3.30. The summed E-state index contributed by atoms with van der Waals surface area (Å²) in [4.78, 5) is 21.6. The first kappa shape index (κ1) is 12.8. The molecular formula is C13H19N3O2. The van der Waals surface area contributed by atoms with E-state index in [4.69, 9.17) is 5.11 Å². The molecular weight excluding hydrogens is 230 g/mol. The first-order chi connectivity index (χ1) is 8.58. The summed E-state index contributed by atoms with van der Waals surface area (Å²) in [5.74, 6) is 0.910. The number of rotatable bonds is 4. The number of aromatic nitrogens is 2. The van der Waals surface area contributed by atoms with Crippen molar-refractivity contribution in [2.75, 3.05) is 18.5 Å². The van der Waals surface area contributed by atoms with Crippen molar-refractivity contribution in [3.63, 3.8) is 0 Å². The summed E-state index contributed by atoms with van der Waals surface area (Å²) in [6.45, 7) is 2.38. The molecule has 5 nitrogen and oxygen atoms in total. The van der Waals surface area contributed by atoms with Crippen LogP contribution in [-0.2, 0) is 17.6 Å². The molecule has 0 unspecified atom stereocenters. The minimum absolute atomic E-state index is 0.133. The molecule has 1 N–H and O–H groups in total. The molecule has 1 aromatic heterocycles. The van der Waals surface area contributed by atoms with Gasteiger partial charge >= 0.3 is 5.97 Å². The molecule has 0 saturated heterocycles. The molecule has 1 aliphatic carbocycles. The number of hydrogen-bond donors (Lipinski definition) is 1. The van der Waals surface area contributed by atoms with Crippen molar-refractivity contribution in [2.45, 2.75) is 39.0 Å². The van der Waals surface area contributed by atoms with Gasteiger partial charge in [-0.1, -0.05) is 0 Å². The maximum atomic E-state index is 10.6. The van der Waals surface area contributed by atoms with E-state index >= 15 is 0 Å². The fourth-order valence-corrected chi connectivity index (χ4v) is 2.38. The lowest BCUT2D eigenvalue weighted by Gasteiger charge is -2.24. The monoisotopic (exact) mass is 249 g/mol. The largest absolute Gasteiger partial charge is 0.481 e. The van der Waals surface area contributed by atoms with Gasteiger partial charge < -0.3 is 10.0 Å². The van der Waals surface area contributed by atoms with Crippen LogP contribution in [0.15, 0.2) is 0 Å². The van der Waals surface area contributed by atoms with E-state index in [1.807, 2.05) is 18.9 Å². The van der Waals surface area contributed by atoms with Crippen molar-refractivity contribution in [3.05, 3.63) is 17.1 Å². The SMILES string of the molecule is Cc1nc2c(c(N(C)CCC(=O)O)n1)CCCC2. The standard InChI is InChI=1S/C13H19N3O2/c1-9-14-11-6-4-3-5-10(11)13(15-9)16(2)8-7-12(17)18/h3-8H2,1-2H3,(H,17,18). The lowest BCUT2D eigenvalue weighted by Crippen LogP contribution is -2.25. The second kappa shape index (κ2) is 5.33. The van der Waals surface area contributed by atoms with E-state index in [1.165, 1.54) is 18.4 Å². The van der Waals surface area contributed by atoms with Gasteiger partial charge in [-0.2, -0.15) is 0 Å². The first-order valence-corrected chi connectivity index (χ1v) is 6.37. The smallest absolute Gasteiger partial charge is 0.305 e. The number of carboxylic acid groups (broad SMARTS) is 1. The number of anilines is 1. The Morgan fingerprint density at radius 2 is 2.06 bits per heavy atom.